The number of aromatic nitrogens is 2. The second-order valence-electron chi connectivity index (χ2n) is 2.78. The highest BCUT2D eigenvalue weighted by Crippen LogP contribution is 2.23. The average molecular weight is 267 g/mol. The Morgan fingerprint density at radius 2 is 1.93 bits per heavy atom. The summed E-state index contributed by atoms with van der Waals surface area (Å²) in [7, 11) is 0. The first-order chi connectivity index (χ1) is 6.77. The number of hydrogen-bond acceptors (Lipinski definition) is 2. The van der Waals surface area contributed by atoms with Crippen LogP contribution in [0.4, 0.5) is 0 Å². The van der Waals surface area contributed by atoms with Gasteiger partial charge in [-0.1, -0.05) is 42.5 Å². The van der Waals surface area contributed by atoms with Crippen LogP contribution in [-0.2, 0) is 0 Å². The lowest BCUT2D eigenvalue weighted by atomic mass is 10.2. The van der Waals surface area contributed by atoms with Crippen molar-refractivity contribution in [3.8, 4) is 11.3 Å². The lowest BCUT2D eigenvalue weighted by molar-refractivity contribution is 1.15. The van der Waals surface area contributed by atoms with Crippen LogP contribution in [0.25, 0.3) is 11.3 Å². The normalized spacial score (nSPS) is 10.1. The summed E-state index contributed by atoms with van der Waals surface area (Å²) in [6.45, 7) is 0. The van der Waals surface area contributed by atoms with Gasteiger partial charge < -0.3 is 4.98 Å². The van der Waals surface area contributed by atoms with Gasteiger partial charge in [-0.25, -0.2) is 0 Å². The molecule has 14 heavy (non-hydrogen) atoms. The summed E-state index contributed by atoms with van der Waals surface area (Å²) < 4.78 is 1.44. The third-order valence-corrected chi connectivity index (χ3v) is 2.58. The van der Waals surface area contributed by atoms with Gasteiger partial charge in [-0.05, 0) is 15.9 Å². The Bertz CT molecular complexity index is 493. The summed E-state index contributed by atoms with van der Waals surface area (Å²) in [5.41, 5.74) is 1.94. The van der Waals surface area contributed by atoms with Crippen LogP contribution in [0.3, 0.4) is 0 Å². The van der Waals surface area contributed by atoms with E-state index in [1.807, 2.05) is 30.3 Å². The fraction of sp³-hybridized carbons (Fsp3) is 0. The molecule has 70 valence electrons. The quantitative estimate of drug-likeness (QED) is 0.800. The van der Waals surface area contributed by atoms with E-state index in [1.54, 1.807) is 6.20 Å². The van der Waals surface area contributed by atoms with Crippen LogP contribution < -0.4 is 0 Å². The van der Waals surface area contributed by atoms with Crippen LogP contribution in [0.1, 0.15) is 0 Å². The van der Waals surface area contributed by atoms with Gasteiger partial charge in [0.15, 0.2) is 0 Å². The van der Waals surface area contributed by atoms with Gasteiger partial charge in [-0.2, -0.15) is 0 Å². The highest BCUT2D eigenvalue weighted by Gasteiger charge is 2.02. The van der Waals surface area contributed by atoms with Gasteiger partial charge in [-0.3, -0.25) is 4.98 Å². The smallest absolute Gasteiger partial charge is 0.122 e. The van der Waals surface area contributed by atoms with Crippen molar-refractivity contribution in [2.24, 2.45) is 0 Å². The van der Waals surface area contributed by atoms with Gasteiger partial charge in [-0.15, -0.1) is 0 Å². The van der Waals surface area contributed by atoms with Crippen molar-refractivity contribution in [2.45, 2.75) is 0 Å². The number of halogens is 1. The number of aromatic amines is 1. The highest BCUT2D eigenvalue weighted by atomic mass is 79.9. The number of benzene rings is 1. The van der Waals surface area contributed by atoms with E-state index in [0.29, 0.717) is 4.64 Å². The highest BCUT2D eigenvalue weighted by molar-refractivity contribution is 9.10. The predicted octanol–water partition coefficient (Wildman–Crippen LogP) is 3.57. The molecule has 0 spiro atoms. The van der Waals surface area contributed by atoms with E-state index in [0.717, 1.165) is 15.9 Å². The summed E-state index contributed by atoms with van der Waals surface area (Å²) in [5, 5.41) is 0. The van der Waals surface area contributed by atoms with Crippen molar-refractivity contribution in [1.29, 1.82) is 0 Å². The first kappa shape index (κ1) is 9.55. The van der Waals surface area contributed by atoms with Gasteiger partial charge in [0.2, 0.25) is 0 Å². The topological polar surface area (TPSA) is 28.7 Å². The summed E-state index contributed by atoms with van der Waals surface area (Å²) in [6.07, 6.45) is 1.64. The minimum Gasteiger partial charge on any atom is -0.338 e. The van der Waals surface area contributed by atoms with Crippen LogP contribution in [-0.4, -0.2) is 9.97 Å². The molecule has 0 amide bonds. The van der Waals surface area contributed by atoms with Gasteiger partial charge in [0, 0.05) is 5.56 Å². The molecule has 0 fully saturated rings. The van der Waals surface area contributed by atoms with Crippen LogP contribution >= 0.6 is 28.1 Å². The van der Waals surface area contributed by atoms with Crippen molar-refractivity contribution in [3.05, 3.63) is 45.8 Å². The molecule has 0 saturated carbocycles. The summed E-state index contributed by atoms with van der Waals surface area (Å²) in [5.74, 6) is 0. The SMILES string of the molecule is S=c1cnc(-c2ccccc2)c(Br)[nH]1. The molecule has 0 aliphatic heterocycles. The zero-order valence-electron chi connectivity index (χ0n) is 7.20. The van der Waals surface area contributed by atoms with E-state index < -0.39 is 0 Å². The van der Waals surface area contributed by atoms with Gasteiger partial charge in [0.05, 0.1) is 6.20 Å². The van der Waals surface area contributed by atoms with Crippen LogP contribution in [0.2, 0.25) is 0 Å². The van der Waals surface area contributed by atoms with Crippen LogP contribution in [0.5, 0.6) is 0 Å². The maximum absolute atomic E-state index is 4.96. The standard InChI is InChI=1S/C10H7BrN2S/c11-10-9(12-6-8(14)13-10)7-4-2-1-3-5-7/h1-6H,(H,13,14). The molecule has 0 aliphatic rings. The molecule has 2 nitrogen and oxygen atoms in total. The van der Waals surface area contributed by atoms with Crippen molar-refractivity contribution in [2.75, 3.05) is 0 Å². The molecule has 4 heteroatoms. The first-order valence-electron chi connectivity index (χ1n) is 4.07. The van der Waals surface area contributed by atoms with Gasteiger partial charge in [0.25, 0.3) is 0 Å². The number of nitrogens with zero attached hydrogens (tertiary/aromatic N) is 1. The van der Waals surface area contributed by atoms with Crippen molar-refractivity contribution >= 4 is 28.1 Å². The summed E-state index contributed by atoms with van der Waals surface area (Å²) >= 11 is 8.36. The van der Waals surface area contributed by atoms with Crippen LogP contribution in [0.15, 0.2) is 41.1 Å². The fourth-order valence-electron chi connectivity index (χ4n) is 1.18. The number of hydrogen-bond donors (Lipinski definition) is 1. The maximum Gasteiger partial charge on any atom is 0.122 e. The van der Waals surface area contributed by atoms with Crippen LogP contribution in [0, 0.1) is 4.64 Å². The second-order valence-corrected chi connectivity index (χ2v) is 4.01. The Kier molecular flexibility index (Phi) is 2.74. The molecule has 0 aliphatic carbocycles. The largest absolute Gasteiger partial charge is 0.338 e. The molecule has 0 radical (unpaired) electrons. The minimum absolute atomic E-state index is 0.622. The Hall–Kier alpha value is -1.000. The average Bonchev–Trinajstić information content (AvgIpc) is 2.19. The Morgan fingerprint density at radius 3 is 2.57 bits per heavy atom. The minimum atomic E-state index is 0.622. The second kappa shape index (κ2) is 4.02. The van der Waals surface area contributed by atoms with Gasteiger partial charge in [0.1, 0.15) is 14.9 Å². The molecular weight excluding hydrogens is 260 g/mol. The molecule has 0 atom stereocenters. The summed E-state index contributed by atoms with van der Waals surface area (Å²) in [6, 6.07) is 9.94. The zero-order valence-corrected chi connectivity index (χ0v) is 9.60. The van der Waals surface area contributed by atoms with E-state index >= 15 is 0 Å². The lowest BCUT2D eigenvalue weighted by Gasteiger charge is -2.02. The van der Waals surface area contributed by atoms with E-state index in [1.165, 1.54) is 0 Å². The Balaban J connectivity index is 2.58. The lowest BCUT2D eigenvalue weighted by Crippen LogP contribution is -1.88. The molecule has 1 aromatic carbocycles. The molecular formula is C10H7BrN2S. The molecule has 2 aromatic rings. The van der Waals surface area contributed by atoms with Crippen molar-refractivity contribution in [1.82, 2.24) is 9.97 Å². The molecule has 2 rings (SSSR count). The molecule has 0 bridgehead atoms. The maximum atomic E-state index is 4.96. The molecule has 0 saturated heterocycles. The molecule has 1 heterocycles. The predicted molar refractivity (Wildman–Crippen MR) is 62.6 cm³/mol. The molecule has 1 N–H and O–H groups in total. The summed E-state index contributed by atoms with van der Waals surface area (Å²) in [4.78, 5) is 7.27. The van der Waals surface area contributed by atoms with E-state index in [2.05, 4.69) is 25.9 Å². The van der Waals surface area contributed by atoms with E-state index in [9.17, 15) is 0 Å². The number of nitrogens with one attached hydrogen (secondary N) is 1. The number of rotatable bonds is 1. The molecule has 1 aromatic heterocycles. The first-order valence-corrected chi connectivity index (χ1v) is 5.28. The van der Waals surface area contributed by atoms with E-state index in [-0.39, 0.29) is 0 Å². The third kappa shape index (κ3) is 1.91. The molecule has 0 unspecified atom stereocenters. The Morgan fingerprint density at radius 1 is 1.21 bits per heavy atom. The van der Waals surface area contributed by atoms with Crippen molar-refractivity contribution in [3.63, 3.8) is 0 Å². The van der Waals surface area contributed by atoms with Gasteiger partial charge >= 0.3 is 0 Å². The Labute approximate surface area is 95.2 Å². The fourth-order valence-corrected chi connectivity index (χ4v) is 2.01. The third-order valence-electron chi connectivity index (χ3n) is 1.80. The van der Waals surface area contributed by atoms with E-state index in [4.69, 9.17) is 12.2 Å². The number of H-pyrrole nitrogens is 1. The zero-order chi connectivity index (χ0) is 9.97. The van der Waals surface area contributed by atoms with Crippen molar-refractivity contribution < 1.29 is 0 Å². The monoisotopic (exact) mass is 266 g/mol.